The number of likely N-dealkylation sites (tertiary alicyclic amines) is 1. The Labute approximate surface area is 123 Å². The largest absolute Gasteiger partial charge is 0.465 e. The van der Waals surface area contributed by atoms with Gasteiger partial charge >= 0.3 is 6.09 Å². The van der Waals surface area contributed by atoms with Gasteiger partial charge in [-0.05, 0) is 31.0 Å². The molecule has 7 nitrogen and oxygen atoms in total. The van der Waals surface area contributed by atoms with E-state index in [9.17, 15) is 9.59 Å². The van der Waals surface area contributed by atoms with E-state index >= 15 is 0 Å². The van der Waals surface area contributed by atoms with Gasteiger partial charge in [0.05, 0.1) is 11.4 Å². The molecular weight excluding hydrogens is 272 g/mol. The summed E-state index contributed by atoms with van der Waals surface area (Å²) in [6, 6.07) is 4.91. The van der Waals surface area contributed by atoms with Crippen molar-refractivity contribution < 1.29 is 14.7 Å². The van der Waals surface area contributed by atoms with Crippen molar-refractivity contribution in [2.45, 2.75) is 18.9 Å². The fraction of sp³-hybridized carbons (Fsp3) is 0.429. The number of benzene rings is 1. The maximum atomic E-state index is 12.5. The molecule has 1 atom stereocenters. The van der Waals surface area contributed by atoms with Crippen LogP contribution in [-0.4, -0.2) is 48.2 Å². The van der Waals surface area contributed by atoms with Gasteiger partial charge in [0.1, 0.15) is 0 Å². The van der Waals surface area contributed by atoms with E-state index < -0.39 is 6.09 Å². The lowest BCUT2D eigenvalue weighted by Gasteiger charge is -2.32. The third-order valence-corrected chi connectivity index (χ3v) is 3.60. The van der Waals surface area contributed by atoms with Gasteiger partial charge in [-0.3, -0.25) is 4.79 Å². The number of amides is 2. The summed E-state index contributed by atoms with van der Waals surface area (Å²) in [4.78, 5) is 24.8. The molecule has 1 aliphatic heterocycles. The van der Waals surface area contributed by atoms with Crippen LogP contribution in [0.15, 0.2) is 18.2 Å². The zero-order valence-corrected chi connectivity index (χ0v) is 11.9. The average Bonchev–Trinajstić information content (AvgIpc) is 2.46. The molecule has 1 aromatic carbocycles. The SMILES string of the molecule is CNc1ccc(C(=O)N2CCC[C@@H](NC(=O)O)C2)cc1N. The Morgan fingerprint density at radius 3 is 2.81 bits per heavy atom. The lowest BCUT2D eigenvalue weighted by Crippen LogP contribution is -2.49. The van der Waals surface area contributed by atoms with Crippen molar-refractivity contribution in [3.63, 3.8) is 0 Å². The zero-order chi connectivity index (χ0) is 15.4. The molecule has 5 N–H and O–H groups in total. The molecule has 0 radical (unpaired) electrons. The lowest BCUT2D eigenvalue weighted by molar-refractivity contribution is 0.0692. The second-order valence-electron chi connectivity index (χ2n) is 5.09. The number of hydrogen-bond donors (Lipinski definition) is 4. The normalized spacial score (nSPS) is 18.1. The Morgan fingerprint density at radius 1 is 1.43 bits per heavy atom. The minimum Gasteiger partial charge on any atom is -0.465 e. The van der Waals surface area contributed by atoms with Crippen LogP contribution >= 0.6 is 0 Å². The van der Waals surface area contributed by atoms with Crippen molar-refractivity contribution in [1.29, 1.82) is 0 Å². The zero-order valence-electron chi connectivity index (χ0n) is 11.9. The summed E-state index contributed by atoms with van der Waals surface area (Å²) < 4.78 is 0. The summed E-state index contributed by atoms with van der Waals surface area (Å²) in [5, 5.41) is 14.1. The summed E-state index contributed by atoms with van der Waals surface area (Å²) in [5.74, 6) is -0.124. The Bertz CT molecular complexity index is 547. The smallest absolute Gasteiger partial charge is 0.404 e. The van der Waals surface area contributed by atoms with Gasteiger partial charge < -0.3 is 26.4 Å². The number of hydrogen-bond acceptors (Lipinski definition) is 4. The van der Waals surface area contributed by atoms with Gasteiger partial charge in [-0.1, -0.05) is 0 Å². The molecule has 7 heteroatoms. The van der Waals surface area contributed by atoms with Crippen LogP contribution in [0.25, 0.3) is 0 Å². The quantitative estimate of drug-likeness (QED) is 0.626. The lowest BCUT2D eigenvalue weighted by atomic mass is 10.0. The van der Waals surface area contributed by atoms with Crippen LogP contribution in [-0.2, 0) is 0 Å². The molecule has 0 bridgehead atoms. The Morgan fingerprint density at radius 2 is 2.19 bits per heavy atom. The first-order chi connectivity index (χ1) is 10.0. The molecule has 1 heterocycles. The van der Waals surface area contributed by atoms with Crippen molar-refractivity contribution in [3.8, 4) is 0 Å². The number of nitrogens with one attached hydrogen (secondary N) is 2. The van der Waals surface area contributed by atoms with E-state index in [4.69, 9.17) is 10.8 Å². The predicted octanol–water partition coefficient (Wildman–Crippen LogP) is 1.18. The Balaban J connectivity index is 2.08. The highest BCUT2D eigenvalue weighted by Gasteiger charge is 2.25. The molecule has 0 aromatic heterocycles. The van der Waals surface area contributed by atoms with Crippen LogP contribution in [0.2, 0.25) is 0 Å². The fourth-order valence-electron chi connectivity index (χ4n) is 2.56. The Kier molecular flexibility index (Phi) is 4.52. The van der Waals surface area contributed by atoms with E-state index in [1.165, 1.54) is 0 Å². The molecule has 0 aliphatic carbocycles. The van der Waals surface area contributed by atoms with Gasteiger partial charge in [-0.15, -0.1) is 0 Å². The minimum absolute atomic E-state index is 0.124. The molecular formula is C14H20N4O3. The van der Waals surface area contributed by atoms with Gasteiger partial charge in [0.2, 0.25) is 0 Å². The number of nitrogen functional groups attached to an aromatic ring is 1. The molecule has 0 unspecified atom stereocenters. The van der Waals surface area contributed by atoms with Crippen molar-refractivity contribution in [2.24, 2.45) is 0 Å². The van der Waals surface area contributed by atoms with Crippen molar-refractivity contribution in [3.05, 3.63) is 23.8 Å². The standard InChI is InChI=1S/C14H20N4O3/c1-16-12-5-4-9(7-11(12)15)13(19)18-6-2-3-10(8-18)17-14(20)21/h4-5,7,10,16-17H,2-3,6,8,15H2,1H3,(H,20,21)/t10-/m1/s1. The third-order valence-electron chi connectivity index (χ3n) is 3.60. The number of carbonyl (C=O) groups excluding carboxylic acids is 1. The van der Waals surface area contributed by atoms with E-state index in [0.717, 1.165) is 18.5 Å². The summed E-state index contributed by atoms with van der Waals surface area (Å²) in [6.07, 6.45) is 0.467. The highest BCUT2D eigenvalue weighted by molar-refractivity contribution is 5.96. The summed E-state index contributed by atoms with van der Waals surface area (Å²) in [6.45, 7) is 1.02. The van der Waals surface area contributed by atoms with E-state index in [-0.39, 0.29) is 11.9 Å². The topological polar surface area (TPSA) is 108 Å². The molecule has 1 saturated heterocycles. The molecule has 21 heavy (non-hydrogen) atoms. The maximum absolute atomic E-state index is 12.5. The monoisotopic (exact) mass is 292 g/mol. The maximum Gasteiger partial charge on any atom is 0.404 e. The van der Waals surface area contributed by atoms with Crippen LogP contribution < -0.4 is 16.4 Å². The number of carbonyl (C=O) groups is 2. The molecule has 1 aromatic rings. The van der Waals surface area contributed by atoms with Gasteiger partial charge in [0.25, 0.3) is 5.91 Å². The minimum atomic E-state index is -1.06. The number of nitrogens with zero attached hydrogens (tertiary/aromatic N) is 1. The number of piperidine rings is 1. The molecule has 2 amide bonds. The second kappa shape index (κ2) is 6.34. The predicted molar refractivity (Wildman–Crippen MR) is 80.5 cm³/mol. The first-order valence-corrected chi connectivity index (χ1v) is 6.87. The van der Waals surface area contributed by atoms with Crippen LogP contribution in [0.4, 0.5) is 16.2 Å². The van der Waals surface area contributed by atoms with Crippen LogP contribution in [0.5, 0.6) is 0 Å². The first kappa shape index (κ1) is 15.0. The fourth-order valence-corrected chi connectivity index (χ4v) is 2.56. The third kappa shape index (κ3) is 3.56. The van der Waals surface area contributed by atoms with Crippen molar-refractivity contribution in [2.75, 3.05) is 31.2 Å². The summed E-state index contributed by atoms with van der Waals surface area (Å²) in [5.41, 5.74) is 7.67. The molecule has 114 valence electrons. The van der Waals surface area contributed by atoms with Crippen molar-refractivity contribution in [1.82, 2.24) is 10.2 Å². The molecule has 0 saturated carbocycles. The van der Waals surface area contributed by atoms with Crippen molar-refractivity contribution >= 4 is 23.4 Å². The van der Waals surface area contributed by atoms with E-state index in [0.29, 0.717) is 24.3 Å². The molecule has 1 aliphatic rings. The first-order valence-electron chi connectivity index (χ1n) is 6.87. The summed E-state index contributed by atoms with van der Waals surface area (Å²) >= 11 is 0. The average molecular weight is 292 g/mol. The van der Waals surface area contributed by atoms with E-state index in [1.54, 1.807) is 30.1 Å². The molecule has 1 fully saturated rings. The van der Waals surface area contributed by atoms with Crippen LogP contribution in [0, 0.1) is 0 Å². The van der Waals surface area contributed by atoms with Gasteiger partial charge in [0, 0.05) is 31.7 Å². The number of nitrogens with two attached hydrogens (primary N) is 1. The summed E-state index contributed by atoms with van der Waals surface area (Å²) in [7, 11) is 1.76. The highest BCUT2D eigenvalue weighted by Crippen LogP contribution is 2.21. The van der Waals surface area contributed by atoms with Crippen LogP contribution in [0.3, 0.4) is 0 Å². The molecule has 0 spiro atoms. The van der Waals surface area contributed by atoms with Gasteiger partial charge in [-0.25, -0.2) is 4.79 Å². The van der Waals surface area contributed by atoms with Gasteiger partial charge in [-0.2, -0.15) is 0 Å². The van der Waals surface area contributed by atoms with Crippen LogP contribution in [0.1, 0.15) is 23.2 Å². The number of anilines is 2. The van der Waals surface area contributed by atoms with E-state index in [2.05, 4.69) is 10.6 Å². The second-order valence-corrected chi connectivity index (χ2v) is 5.09. The highest BCUT2D eigenvalue weighted by atomic mass is 16.4. The Hall–Kier alpha value is -2.44. The van der Waals surface area contributed by atoms with Gasteiger partial charge in [0.15, 0.2) is 0 Å². The number of carboxylic acid groups (broad SMARTS) is 1. The number of rotatable bonds is 3. The molecule has 2 rings (SSSR count). The van der Waals surface area contributed by atoms with E-state index in [1.807, 2.05) is 0 Å².